The number of hydrogen-bond donors (Lipinski definition) is 3. The summed E-state index contributed by atoms with van der Waals surface area (Å²) >= 11 is 0. The van der Waals surface area contributed by atoms with Crippen LogP contribution in [0.3, 0.4) is 0 Å². The maximum Gasteiger partial charge on any atom is 0.334 e. The highest BCUT2D eigenvalue weighted by Crippen LogP contribution is 2.13. The summed E-state index contributed by atoms with van der Waals surface area (Å²) in [6.07, 6.45) is 0.0525. The molecule has 0 aliphatic rings. The molecule has 19 heavy (non-hydrogen) atoms. The monoisotopic (exact) mass is 260 g/mol. The summed E-state index contributed by atoms with van der Waals surface area (Å²) < 4.78 is 0. The van der Waals surface area contributed by atoms with Crippen LogP contribution in [0.2, 0.25) is 0 Å². The molecule has 0 aliphatic carbocycles. The number of hydrogen-bond acceptors (Lipinski definition) is 4. The fourth-order valence-corrected chi connectivity index (χ4v) is 1.60. The first-order chi connectivity index (χ1) is 9.08. The number of aliphatic carboxylic acids is 1. The van der Waals surface area contributed by atoms with Crippen molar-refractivity contribution in [2.75, 3.05) is 6.54 Å². The first-order valence-electron chi connectivity index (χ1n) is 5.62. The standard InChI is InChI=1S/C13H12N2O4/c16-11(13(18)19)7-15-12(17)9-3-4-10-8(6-9)2-1-5-14-10/h1-6,11,16H,7H2,(H,15,17)(H,18,19)/t11-/m0/s1. The van der Waals surface area contributed by atoms with Gasteiger partial charge < -0.3 is 15.5 Å². The van der Waals surface area contributed by atoms with Crippen LogP contribution in [0.25, 0.3) is 10.9 Å². The van der Waals surface area contributed by atoms with Gasteiger partial charge in [0.25, 0.3) is 5.91 Å². The quantitative estimate of drug-likeness (QED) is 0.739. The average molecular weight is 260 g/mol. The lowest BCUT2D eigenvalue weighted by molar-refractivity contribution is -0.146. The zero-order chi connectivity index (χ0) is 13.8. The third-order valence-electron chi connectivity index (χ3n) is 2.61. The number of carbonyl (C=O) groups is 2. The Morgan fingerprint density at radius 3 is 2.84 bits per heavy atom. The number of rotatable bonds is 4. The number of nitrogens with zero attached hydrogens (tertiary/aromatic N) is 1. The van der Waals surface area contributed by atoms with Crippen molar-refractivity contribution in [2.45, 2.75) is 6.10 Å². The van der Waals surface area contributed by atoms with Crippen molar-refractivity contribution >= 4 is 22.8 Å². The van der Waals surface area contributed by atoms with Crippen LogP contribution >= 0.6 is 0 Å². The fourth-order valence-electron chi connectivity index (χ4n) is 1.60. The van der Waals surface area contributed by atoms with Crippen LogP contribution in [0.5, 0.6) is 0 Å². The maximum atomic E-state index is 11.8. The Labute approximate surface area is 108 Å². The van der Waals surface area contributed by atoms with Crippen LogP contribution in [0, 0.1) is 0 Å². The molecule has 98 valence electrons. The predicted octanol–water partition coefficient (Wildman–Crippen LogP) is 0.410. The molecule has 0 bridgehead atoms. The van der Waals surface area contributed by atoms with E-state index in [1.807, 2.05) is 6.07 Å². The maximum absolute atomic E-state index is 11.8. The SMILES string of the molecule is O=C(NC[C@H](O)C(=O)O)c1ccc2ncccc2c1. The molecule has 1 aromatic heterocycles. The van der Waals surface area contributed by atoms with Gasteiger partial charge in [-0.25, -0.2) is 4.79 Å². The van der Waals surface area contributed by atoms with E-state index in [1.165, 1.54) is 0 Å². The number of carboxylic acids is 1. The number of fused-ring (bicyclic) bond motifs is 1. The summed E-state index contributed by atoms with van der Waals surface area (Å²) in [7, 11) is 0. The lowest BCUT2D eigenvalue weighted by atomic mass is 10.1. The van der Waals surface area contributed by atoms with Crippen LogP contribution in [0.4, 0.5) is 0 Å². The molecule has 0 saturated heterocycles. The van der Waals surface area contributed by atoms with Crippen molar-refractivity contribution in [1.29, 1.82) is 0 Å². The summed E-state index contributed by atoms with van der Waals surface area (Å²) in [5, 5.41) is 20.7. The number of carbonyl (C=O) groups excluding carboxylic acids is 1. The smallest absolute Gasteiger partial charge is 0.334 e. The van der Waals surface area contributed by atoms with Crippen LogP contribution in [0.1, 0.15) is 10.4 Å². The predicted molar refractivity (Wildman–Crippen MR) is 67.7 cm³/mol. The zero-order valence-corrected chi connectivity index (χ0v) is 9.91. The third-order valence-corrected chi connectivity index (χ3v) is 2.61. The van der Waals surface area contributed by atoms with Gasteiger partial charge in [0, 0.05) is 17.1 Å². The van der Waals surface area contributed by atoms with E-state index in [0.29, 0.717) is 5.56 Å². The third kappa shape index (κ3) is 3.05. The van der Waals surface area contributed by atoms with Crippen LogP contribution in [-0.4, -0.2) is 39.7 Å². The van der Waals surface area contributed by atoms with Crippen LogP contribution in [0.15, 0.2) is 36.5 Å². The van der Waals surface area contributed by atoms with Crippen LogP contribution in [-0.2, 0) is 4.79 Å². The molecule has 6 nitrogen and oxygen atoms in total. The molecule has 0 radical (unpaired) electrons. The number of amides is 1. The summed E-state index contributed by atoms with van der Waals surface area (Å²) in [5.74, 6) is -1.81. The van der Waals surface area contributed by atoms with Crippen molar-refractivity contribution in [3.63, 3.8) is 0 Å². The Morgan fingerprint density at radius 2 is 2.11 bits per heavy atom. The first kappa shape index (κ1) is 13.0. The molecule has 0 unspecified atom stereocenters. The Balaban J connectivity index is 2.11. The number of aliphatic hydroxyl groups excluding tert-OH is 1. The van der Waals surface area contributed by atoms with Gasteiger partial charge in [-0.15, -0.1) is 0 Å². The van der Waals surface area contributed by atoms with Crippen LogP contribution < -0.4 is 5.32 Å². The van der Waals surface area contributed by atoms with Gasteiger partial charge >= 0.3 is 5.97 Å². The molecule has 1 aromatic carbocycles. The highest BCUT2D eigenvalue weighted by Gasteiger charge is 2.15. The summed E-state index contributed by atoms with van der Waals surface area (Å²) in [5.41, 5.74) is 1.16. The Bertz CT molecular complexity index is 627. The lowest BCUT2D eigenvalue weighted by Gasteiger charge is -2.08. The molecule has 2 aromatic rings. The Hall–Kier alpha value is -2.47. The van der Waals surface area contributed by atoms with Gasteiger partial charge in [-0.1, -0.05) is 6.07 Å². The molecule has 0 fully saturated rings. The number of pyridine rings is 1. The molecule has 1 atom stereocenters. The van der Waals surface area contributed by atoms with E-state index in [-0.39, 0.29) is 6.54 Å². The van der Waals surface area contributed by atoms with E-state index >= 15 is 0 Å². The normalized spacial score (nSPS) is 12.1. The second-order valence-electron chi connectivity index (χ2n) is 3.97. The number of carboxylic acid groups (broad SMARTS) is 1. The van der Waals surface area contributed by atoms with E-state index in [4.69, 9.17) is 10.2 Å². The average Bonchev–Trinajstić information content (AvgIpc) is 2.43. The van der Waals surface area contributed by atoms with E-state index in [0.717, 1.165) is 10.9 Å². The molecule has 0 saturated carbocycles. The van der Waals surface area contributed by atoms with E-state index < -0.39 is 18.0 Å². The van der Waals surface area contributed by atoms with E-state index in [9.17, 15) is 9.59 Å². The van der Waals surface area contributed by atoms with E-state index in [2.05, 4.69) is 10.3 Å². The largest absolute Gasteiger partial charge is 0.479 e. The van der Waals surface area contributed by atoms with Gasteiger partial charge in [0.1, 0.15) is 0 Å². The highest BCUT2D eigenvalue weighted by atomic mass is 16.4. The minimum absolute atomic E-state index is 0.334. The van der Waals surface area contributed by atoms with Crippen molar-refractivity contribution in [1.82, 2.24) is 10.3 Å². The van der Waals surface area contributed by atoms with Gasteiger partial charge in [0.05, 0.1) is 12.1 Å². The van der Waals surface area contributed by atoms with Crippen molar-refractivity contribution in [3.8, 4) is 0 Å². The summed E-state index contributed by atoms with van der Waals surface area (Å²) in [6.45, 7) is -0.334. The molecule has 0 spiro atoms. The van der Waals surface area contributed by atoms with Crippen molar-refractivity contribution < 1.29 is 19.8 Å². The number of nitrogens with one attached hydrogen (secondary N) is 1. The van der Waals surface area contributed by atoms with Crippen molar-refractivity contribution in [2.24, 2.45) is 0 Å². The Kier molecular flexibility index (Phi) is 3.72. The highest BCUT2D eigenvalue weighted by molar-refractivity contribution is 5.98. The second kappa shape index (κ2) is 5.45. The number of benzene rings is 1. The van der Waals surface area contributed by atoms with Gasteiger partial charge in [0.2, 0.25) is 0 Å². The molecular weight excluding hydrogens is 248 g/mol. The minimum Gasteiger partial charge on any atom is -0.479 e. The molecule has 1 amide bonds. The fraction of sp³-hybridized carbons (Fsp3) is 0.154. The van der Waals surface area contributed by atoms with Crippen molar-refractivity contribution in [3.05, 3.63) is 42.1 Å². The number of aromatic nitrogens is 1. The minimum atomic E-state index is -1.61. The van der Waals surface area contributed by atoms with Gasteiger partial charge in [-0.05, 0) is 24.3 Å². The van der Waals surface area contributed by atoms with Gasteiger partial charge in [-0.3, -0.25) is 9.78 Å². The first-order valence-corrected chi connectivity index (χ1v) is 5.62. The molecule has 0 aliphatic heterocycles. The summed E-state index contributed by atoms with van der Waals surface area (Å²) in [6, 6.07) is 8.55. The zero-order valence-electron chi connectivity index (χ0n) is 9.91. The molecular formula is C13H12N2O4. The topological polar surface area (TPSA) is 99.5 Å². The molecule has 2 rings (SSSR count). The Morgan fingerprint density at radius 1 is 1.32 bits per heavy atom. The van der Waals surface area contributed by atoms with Gasteiger partial charge in [-0.2, -0.15) is 0 Å². The second-order valence-corrected chi connectivity index (χ2v) is 3.97. The van der Waals surface area contributed by atoms with E-state index in [1.54, 1.807) is 30.5 Å². The number of aliphatic hydroxyl groups is 1. The van der Waals surface area contributed by atoms with Gasteiger partial charge in [0.15, 0.2) is 6.10 Å². The summed E-state index contributed by atoms with van der Waals surface area (Å²) in [4.78, 5) is 26.3. The molecule has 6 heteroatoms. The lowest BCUT2D eigenvalue weighted by Crippen LogP contribution is -2.36. The molecule has 1 heterocycles. The molecule has 3 N–H and O–H groups in total.